The smallest absolute Gasteiger partial charge is 0.224 e. The molecule has 136 valence electrons. The molecule has 1 aliphatic heterocycles. The second kappa shape index (κ2) is 8.01. The molecule has 4 rings (SSSR count). The Morgan fingerprint density at radius 1 is 1.23 bits per heavy atom. The molecule has 0 saturated carbocycles. The van der Waals surface area contributed by atoms with Gasteiger partial charge in [-0.1, -0.05) is 17.4 Å². The van der Waals surface area contributed by atoms with Gasteiger partial charge in [0.05, 0.1) is 5.92 Å². The van der Waals surface area contributed by atoms with E-state index in [4.69, 9.17) is 0 Å². The van der Waals surface area contributed by atoms with E-state index in [1.807, 2.05) is 35.2 Å². The quantitative estimate of drug-likeness (QED) is 0.706. The Balaban J connectivity index is 1.33. The van der Waals surface area contributed by atoms with Gasteiger partial charge in [-0.15, -0.1) is 21.5 Å². The summed E-state index contributed by atoms with van der Waals surface area (Å²) in [6, 6.07) is 8.10. The first-order chi connectivity index (χ1) is 12.8. The van der Waals surface area contributed by atoms with Crippen LogP contribution in [0.1, 0.15) is 17.7 Å². The highest BCUT2D eigenvalue weighted by Crippen LogP contribution is 2.27. The van der Waals surface area contributed by atoms with E-state index in [-0.39, 0.29) is 11.8 Å². The van der Waals surface area contributed by atoms with Crippen molar-refractivity contribution in [3.8, 4) is 5.13 Å². The normalized spacial score (nSPS) is 17.4. The second-order valence-electron chi connectivity index (χ2n) is 6.36. The summed E-state index contributed by atoms with van der Waals surface area (Å²) in [5.41, 5.74) is 0. The number of anilines is 1. The zero-order valence-electron chi connectivity index (χ0n) is 14.4. The van der Waals surface area contributed by atoms with Crippen molar-refractivity contribution >= 4 is 33.7 Å². The van der Waals surface area contributed by atoms with E-state index in [1.54, 1.807) is 22.7 Å². The number of amides is 1. The largest absolute Gasteiger partial charge is 0.355 e. The minimum atomic E-state index is 0.0195. The second-order valence-corrected chi connectivity index (χ2v) is 8.33. The van der Waals surface area contributed by atoms with Crippen LogP contribution in [0.3, 0.4) is 0 Å². The minimum Gasteiger partial charge on any atom is -0.355 e. The predicted octanol–water partition coefficient (Wildman–Crippen LogP) is 2.97. The Morgan fingerprint density at radius 3 is 2.88 bits per heavy atom. The average molecular weight is 388 g/mol. The van der Waals surface area contributed by atoms with Crippen LogP contribution in [0.2, 0.25) is 0 Å². The van der Waals surface area contributed by atoms with Gasteiger partial charge >= 0.3 is 0 Å². The maximum Gasteiger partial charge on any atom is 0.224 e. The standard InChI is InChI=1S/C18H21N5OS2/c24-16(19-8-7-15-6-4-12-25-15)14-5-3-11-23(13-14)18-21-20-17(26-18)22-9-1-2-10-22/h1-2,4,6,9-10,12,14H,3,5,7-8,11,13H2,(H,19,24)/t14-/m0/s1. The van der Waals surface area contributed by atoms with Crippen LogP contribution in [0.5, 0.6) is 0 Å². The number of hydrogen-bond donors (Lipinski definition) is 1. The van der Waals surface area contributed by atoms with Gasteiger partial charge in [-0.2, -0.15) is 0 Å². The third kappa shape index (κ3) is 3.96. The fraction of sp³-hybridized carbons (Fsp3) is 0.389. The lowest BCUT2D eigenvalue weighted by Crippen LogP contribution is -2.43. The third-order valence-corrected chi connectivity index (χ3v) is 6.48. The van der Waals surface area contributed by atoms with E-state index >= 15 is 0 Å². The number of thiophene rings is 1. The van der Waals surface area contributed by atoms with Crippen molar-refractivity contribution in [3.05, 3.63) is 46.9 Å². The predicted molar refractivity (Wildman–Crippen MR) is 105 cm³/mol. The Bertz CT molecular complexity index is 828. The molecule has 1 aliphatic rings. The number of aromatic nitrogens is 3. The van der Waals surface area contributed by atoms with Crippen molar-refractivity contribution in [3.63, 3.8) is 0 Å². The van der Waals surface area contributed by atoms with Crippen LogP contribution in [0.25, 0.3) is 5.13 Å². The highest BCUT2D eigenvalue weighted by atomic mass is 32.1. The van der Waals surface area contributed by atoms with Crippen molar-refractivity contribution in [2.75, 3.05) is 24.5 Å². The number of nitrogens with zero attached hydrogens (tertiary/aromatic N) is 4. The molecule has 1 fully saturated rings. The van der Waals surface area contributed by atoms with Crippen molar-refractivity contribution in [1.82, 2.24) is 20.1 Å². The van der Waals surface area contributed by atoms with Gasteiger partial charge < -0.3 is 10.2 Å². The lowest BCUT2D eigenvalue weighted by atomic mass is 9.97. The summed E-state index contributed by atoms with van der Waals surface area (Å²) < 4.78 is 1.96. The molecule has 0 aromatic carbocycles. The topological polar surface area (TPSA) is 63.1 Å². The van der Waals surface area contributed by atoms with Gasteiger partial charge in [0, 0.05) is 36.9 Å². The van der Waals surface area contributed by atoms with E-state index in [9.17, 15) is 4.79 Å². The molecular weight excluding hydrogens is 366 g/mol. The van der Waals surface area contributed by atoms with Crippen LogP contribution in [-0.2, 0) is 11.2 Å². The van der Waals surface area contributed by atoms with Gasteiger partial charge in [-0.3, -0.25) is 9.36 Å². The van der Waals surface area contributed by atoms with Crippen LogP contribution in [0.15, 0.2) is 42.0 Å². The Labute approximate surface area is 160 Å². The van der Waals surface area contributed by atoms with Crippen LogP contribution in [0.4, 0.5) is 5.13 Å². The highest BCUT2D eigenvalue weighted by molar-refractivity contribution is 7.17. The van der Waals surface area contributed by atoms with Gasteiger partial charge in [0.1, 0.15) is 0 Å². The average Bonchev–Trinajstić information content (AvgIpc) is 3.42. The Hall–Kier alpha value is -2.19. The van der Waals surface area contributed by atoms with Crippen molar-refractivity contribution in [1.29, 1.82) is 0 Å². The summed E-state index contributed by atoms with van der Waals surface area (Å²) in [4.78, 5) is 16.0. The molecule has 1 N–H and O–H groups in total. The lowest BCUT2D eigenvalue weighted by Gasteiger charge is -2.31. The number of piperidine rings is 1. The molecule has 4 heterocycles. The molecule has 3 aromatic heterocycles. The maximum absolute atomic E-state index is 12.5. The summed E-state index contributed by atoms with van der Waals surface area (Å²) in [5.74, 6) is 0.174. The van der Waals surface area contributed by atoms with Gasteiger partial charge in [-0.05, 0) is 42.8 Å². The zero-order chi connectivity index (χ0) is 17.8. The molecule has 1 amide bonds. The first-order valence-corrected chi connectivity index (χ1v) is 10.5. The number of nitrogens with one attached hydrogen (secondary N) is 1. The van der Waals surface area contributed by atoms with Crippen LogP contribution in [0, 0.1) is 5.92 Å². The molecule has 3 aromatic rings. The van der Waals surface area contributed by atoms with E-state index < -0.39 is 0 Å². The van der Waals surface area contributed by atoms with E-state index in [1.165, 1.54) is 4.88 Å². The van der Waals surface area contributed by atoms with Crippen molar-refractivity contribution in [2.24, 2.45) is 5.92 Å². The maximum atomic E-state index is 12.5. The molecule has 8 heteroatoms. The first-order valence-electron chi connectivity index (χ1n) is 8.81. The number of rotatable bonds is 6. The lowest BCUT2D eigenvalue weighted by molar-refractivity contribution is -0.125. The Morgan fingerprint density at radius 2 is 2.08 bits per heavy atom. The summed E-state index contributed by atoms with van der Waals surface area (Å²) >= 11 is 3.30. The van der Waals surface area contributed by atoms with E-state index in [0.29, 0.717) is 13.1 Å². The summed E-state index contributed by atoms with van der Waals surface area (Å²) in [6.07, 6.45) is 6.76. The highest BCUT2D eigenvalue weighted by Gasteiger charge is 2.27. The van der Waals surface area contributed by atoms with E-state index in [0.717, 1.165) is 36.1 Å². The number of carbonyl (C=O) groups excluding carboxylic acids is 1. The van der Waals surface area contributed by atoms with Crippen LogP contribution in [-0.4, -0.2) is 40.3 Å². The minimum absolute atomic E-state index is 0.0195. The molecule has 1 saturated heterocycles. The summed E-state index contributed by atoms with van der Waals surface area (Å²) in [6.45, 7) is 2.34. The number of hydrogen-bond acceptors (Lipinski definition) is 6. The summed E-state index contributed by atoms with van der Waals surface area (Å²) in [7, 11) is 0. The third-order valence-electron chi connectivity index (χ3n) is 4.54. The van der Waals surface area contributed by atoms with Crippen LogP contribution >= 0.6 is 22.7 Å². The molecule has 0 radical (unpaired) electrons. The first kappa shape index (κ1) is 17.2. The van der Waals surface area contributed by atoms with E-state index in [2.05, 4.69) is 31.9 Å². The molecule has 0 spiro atoms. The van der Waals surface area contributed by atoms with Gasteiger partial charge in [-0.25, -0.2) is 0 Å². The summed E-state index contributed by atoms with van der Waals surface area (Å²) in [5, 5.41) is 15.5. The fourth-order valence-corrected chi connectivity index (χ4v) is 4.73. The molecule has 1 atom stereocenters. The Kier molecular flexibility index (Phi) is 5.31. The van der Waals surface area contributed by atoms with Gasteiger partial charge in [0.15, 0.2) is 0 Å². The SMILES string of the molecule is O=C(NCCc1cccs1)[C@H]1CCCN(c2nnc(-n3cccc3)s2)C1. The van der Waals surface area contributed by atoms with Gasteiger partial charge in [0.2, 0.25) is 16.2 Å². The molecular formula is C18H21N5OS2. The zero-order valence-corrected chi connectivity index (χ0v) is 16.0. The fourth-order valence-electron chi connectivity index (χ4n) is 3.18. The number of carbonyl (C=O) groups is 1. The molecule has 0 unspecified atom stereocenters. The molecule has 0 bridgehead atoms. The van der Waals surface area contributed by atoms with Gasteiger partial charge in [0.25, 0.3) is 0 Å². The molecule has 26 heavy (non-hydrogen) atoms. The monoisotopic (exact) mass is 387 g/mol. The molecule has 0 aliphatic carbocycles. The van der Waals surface area contributed by atoms with Crippen molar-refractivity contribution in [2.45, 2.75) is 19.3 Å². The van der Waals surface area contributed by atoms with Crippen LogP contribution < -0.4 is 10.2 Å². The molecule has 6 nitrogen and oxygen atoms in total. The van der Waals surface area contributed by atoms with Crippen molar-refractivity contribution < 1.29 is 4.79 Å².